The molecule has 0 saturated heterocycles. The van der Waals surface area contributed by atoms with Gasteiger partial charge in [0, 0.05) is 25.7 Å². The van der Waals surface area contributed by atoms with Crippen molar-refractivity contribution in [3.8, 4) is 0 Å². The van der Waals surface area contributed by atoms with Crippen molar-refractivity contribution in [3.05, 3.63) is 0 Å². The van der Waals surface area contributed by atoms with Crippen LogP contribution in [0, 0.1) is 11.8 Å². The molecule has 558 valence electrons. The average molecular weight is 1380 g/mol. The van der Waals surface area contributed by atoms with Gasteiger partial charge in [0.1, 0.15) is 19.3 Å². The minimum Gasteiger partial charge on any atom is -0.462 e. The van der Waals surface area contributed by atoms with E-state index in [1.165, 1.54) is 199 Å². The van der Waals surface area contributed by atoms with Gasteiger partial charge < -0.3 is 33.8 Å². The highest BCUT2D eigenvalue weighted by molar-refractivity contribution is 7.47. The van der Waals surface area contributed by atoms with Crippen molar-refractivity contribution in [2.24, 2.45) is 11.8 Å². The summed E-state index contributed by atoms with van der Waals surface area (Å²) in [5.41, 5.74) is 0. The Bertz CT molecular complexity index is 1820. The molecule has 19 heteroatoms. The van der Waals surface area contributed by atoms with Crippen molar-refractivity contribution >= 4 is 39.5 Å². The summed E-state index contributed by atoms with van der Waals surface area (Å²) in [5.74, 6) is -0.723. The Morgan fingerprint density at radius 1 is 0.287 bits per heavy atom. The fraction of sp³-hybridized carbons (Fsp3) is 0.947. The molecule has 3 N–H and O–H groups in total. The van der Waals surface area contributed by atoms with Crippen LogP contribution in [0.2, 0.25) is 0 Å². The van der Waals surface area contributed by atoms with E-state index in [0.717, 1.165) is 102 Å². The summed E-state index contributed by atoms with van der Waals surface area (Å²) in [5, 5.41) is 10.6. The molecule has 0 fully saturated rings. The Kier molecular flexibility index (Phi) is 65.5. The summed E-state index contributed by atoms with van der Waals surface area (Å²) in [7, 11) is -9.91. The molecule has 17 nitrogen and oxygen atoms in total. The maximum absolute atomic E-state index is 13.1. The highest BCUT2D eigenvalue weighted by Crippen LogP contribution is 2.45. The van der Waals surface area contributed by atoms with Crippen LogP contribution in [-0.2, 0) is 65.4 Å². The predicted molar refractivity (Wildman–Crippen MR) is 381 cm³/mol. The van der Waals surface area contributed by atoms with E-state index in [0.29, 0.717) is 31.6 Å². The molecule has 0 bridgehead atoms. The summed E-state index contributed by atoms with van der Waals surface area (Å²) in [4.78, 5) is 72.7. The molecule has 0 aliphatic rings. The molecule has 0 saturated carbocycles. The highest BCUT2D eigenvalue weighted by atomic mass is 31.2. The summed E-state index contributed by atoms with van der Waals surface area (Å²) >= 11 is 0. The molecule has 94 heavy (non-hydrogen) atoms. The first-order valence-corrected chi connectivity index (χ1v) is 42.0. The van der Waals surface area contributed by atoms with Crippen LogP contribution < -0.4 is 0 Å². The van der Waals surface area contributed by atoms with Crippen LogP contribution in [0.1, 0.15) is 388 Å². The second-order valence-electron chi connectivity index (χ2n) is 28.0. The molecule has 0 aromatic carbocycles. The first-order chi connectivity index (χ1) is 45.4. The average Bonchev–Trinajstić information content (AvgIpc) is 3.32. The summed E-state index contributed by atoms with van der Waals surface area (Å²) < 4.78 is 68.4. The first kappa shape index (κ1) is 92.1. The fourth-order valence-electron chi connectivity index (χ4n) is 11.5. The van der Waals surface area contributed by atoms with Crippen LogP contribution in [0.4, 0.5) is 0 Å². The number of aliphatic hydroxyl groups excluding tert-OH is 1. The van der Waals surface area contributed by atoms with Crippen molar-refractivity contribution in [3.63, 3.8) is 0 Å². The number of phosphoric acid groups is 2. The summed E-state index contributed by atoms with van der Waals surface area (Å²) in [6.45, 7) is 9.46. The molecule has 0 radical (unpaired) electrons. The largest absolute Gasteiger partial charge is 0.472 e. The monoisotopic (exact) mass is 1380 g/mol. The molecule has 0 aromatic rings. The van der Waals surface area contributed by atoms with E-state index < -0.39 is 97.5 Å². The number of aliphatic hydroxyl groups is 1. The molecule has 0 aromatic heterocycles. The number of unbranched alkanes of at least 4 members (excludes halogenated alkanes) is 44. The Morgan fingerprint density at radius 2 is 0.489 bits per heavy atom. The van der Waals surface area contributed by atoms with Gasteiger partial charge in [-0.3, -0.25) is 37.3 Å². The number of carbonyl (C=O) groups excluding carboxylic acids is 4. The maximum atomic E-state index is 13.1. The van der Waals surface area contributed by atoms with Gasteiger partial charge in [-0.1, -0.05) is 337 Å². The van der Waals surface area contributed by atoms with Crippen LogP contribution in [-0.4, -0.2) is 96.7 Å². The number of esters is 4. The van der Waals surface area contributed by atoms with E-state index in [2.05, 4.69) is 41.5 Å². The third-order valence-electron chi connectivity index (χ3n) is 17.5. The van der Waals surface area contributed by atoms with Gasteiger partial charge in [-0.15, -0.1) is 0 Å². The third kappa shape index (κ3) is 68.6. The zero-order chi connectivity index (χ0) is 69.3. The quantitative estimate of drug-likeness (QED) is 0.0222. The lowest BCUT2D eigenvalue weighted by molar-refractivity contribution is -0.161. The van der Waals surface area contributed by atoms with Gasteiger partial charge in [-0.2, -0.15) is 0 Å². The number of carbonyl (C=O) groups is 4. The lowest BCUT2D eigenvalue weighted by Gasteiger charge is -2.21. The van der Waals surface area contributed by atoms with Crippen molar-refractivity contribution in [1.82, 2.24) is 0 Å². The number of rotatable bonds is 74. The van der Waals surface area contributed by atoms with Crippen LogP contribution in [0.3, 0.4) is 0 Å². The van der Waals surface area contributed by atoms with Gasteiger partial charge in [-0.25, -0.2) is 9.13 Å². The molecule has 0 amide bonds. The summed E-state index contributed by atoms with van der Waals surface area (Å²) in [6, 6.07) is 0. The smallest absolute Gasteiger partial charge is 0.462 e. The van der Waals surface area contributed by atoms with Gasteiger partial charge in [0.2, 0.25) is 0 Å². The van der Waals surface area contributed by atoms with Gasteiger partial charge in [-0.05, 0) is 37.5 Å². The highest BCUT2D eigenvalue weighted by Gasteiger charge is 2.30. The first-order valence-electron chi connectivity index (χ1n) is 39.0. The molecule has 0 aliphatic heterocycles. The van der Waals surface area contributed by atoms with Crippen molar-refractivity contribution in [1.29, 1.82) is 0 Å². The van der Waals surface area contributed by atoms with Crippen molar-refractivity contribution in [2.45, 2.75) is 407 Å². The zero-order valence-electron chi connectivity index (χ0n) is 61.3. The second kappa shape index (κ2) is 66.9. The van der Waals surface area contributed by atoms with E-state index in [4.69, 9.17) is 37.0 Å². The minimum absolute atomic E-state index is 0.104. The minimum atomic E-state index is -4.96. The molecule has 0 rings (SSSR count). The molecule has 0 aliphatic carbocycles. The van der Waals surface area contributed by atoms with Gasteiger partial charge in [0.25, 0.3) is 0 Å². The molecule has 2 unspecified atom stereocenters. The second-order valence-corrected chi connectivity index (χ2v) is 30.9. The Hall–Kier alpha value is -1.94. The van der Waals surface area contributed by atoms with E-state index >= 15 is 0 Å². The van der Waals surface area contributed by atoms with Crippen molar-refractivity contribution < 1.29 is 80.2 Å². The standard InChI is InChI=1S/C75H146O17P2/c1-7-9-11-13-15-17-19-21-23-24-25-26-28-30-32-34-39-47-53-59-74(79)91-70(63-85-72(77)57-51-45-38-33-31-29-27-22-20-18-16-14-12-10-8-2)65-89-93(81,82)87-61-69(76)62-88-94(83,84)90-66-71(64-86-73(78)58-52-46-42-41-44-50-56-68(5)6)92-75(80)60-54-48-40-36-35-37-43-49-55-67(3)4/h67-71,76H,7-66H2,1-6H3,(H,81,82)(H,83,84)/t69-,70-,71-/m1/s1. The zero-order valence-corrected chi connectivity index (χ0v) is 63.1. The molecule has 5 atom stereocenters. The molecular weight excluding hydrogens is 1230 g/mol. The van der Waals surface area contributed by atoms with E-state index in [1.807, 2.05) is 0 Å². The Morgan fingerprint density at radius 3 is 0.723 bits per heavy atom. The van der Waals surface area contributed by atoms with Crippen molar-refractivity contribution in [2.75, 3.05) is 39.6 Å². The Balaban J connectivity index is 5.21. The number of ether oxygens (including phenoxy) is 4. The van der Waals surface area contributed by atoms with Gasteiger partial charge in [0.15, 0.2) is 12.2 Å². The van der Waals surface area contributed by atoms with Crippen LogP contribution in [0.15, 0.2) is 0 Å². The SMILES string of the molecule is CCCCCCCCCCCCCCCCCCCCCC(=O)O[C@H](COC(=O)CCCCCCCCCCCCCCCCC)COP(=O)(O)OC[C@@H](O)COP(=O)(O)OC[C@@H](COC(=O)CCCCCCCCC(C)C)OC(=O)CCCCCCCCCCC(C)C. The molecule has 0 spiro atoms. The maximum Gasteiger partial charge on any atom is 0.472 e. The predicted octanol–water partition coefficient (Wildman–Crippen LogP) is 21.9. The van der Waals surface area contributed by atoms with Gasteiger partial charge >= 0.3 is 39.5 Å². The van der Waals surface area contributed by atoms with Crippen LogP contribution in [0.5, 0.6) is 0 Å². The lowest BCUT2D eigenvalue weighted by atomic mass is 10.0. The van der Waals surface area contributed by atoms with Crippen LogP contribution in [0.25, 0.3) is 0 Å². The summed E-state index contributed by atoms with van der Waals surface area (Å²) in [6.07, 6.45) is 54.4. The lowest BCUT2D eigenvalue weighted by Crippen LogP contribution is -2.30. The number of hydrogen-bond donors (Lipinski definition) is 3. The van der Waals surface area contributed by atoms with E-state index in [1.54, 1.807) is 0 Å². The number of hydrogen-bond acceptors (Lipinski definition) is 15. The topological polar surface area (TPSA) is 237 Å². The third-order valence-corrected chi connectivity index (χ3v) is 19.4. The van der Waals surface area contributed by atoms with E-state index in [9.17, 15) is 43.2 Å². The van der Waals surface area contributed by atoms with Crippen LogP contribution >= 0.6 is 15.6 Å². The number of phosphoric ester groups is 2. The van der Waals surface area contributed by atoms with Gasteiger partial charge in [0.05, 0.1) is 26.4 Å². The Labute approximate surface area is 575 Å². The fourth-order valence-corrected chi connectivity index (χ4v) is 13.1. The molecular formula is C75H146O17P2. The van der Waals surface area contributed by atoms with E-state index in [-0.39, 0.29) is 25.7 Å². The molecule has 0 heterocycles. The normalized spacial score (nSPS) is 14.0.